The Morgan fingerprint density at radius 2 is 2.25 bits per heavy atom. The number of rotatable bonds is 6. The van der Waals surface area contributed by atoms with E-state index in [1.54, 1.807) is 0 Å². The highest BCUT2D eigenvalue weighted by molar-refractivity contribution is 5.69. The number of nitrogens with two attached hydrogens (primary N) is 1. The van der Waals surface area contributed by atoms with Crippen LogP contribution in [0.2, 0.25) is 0 Å². The third kappa shape index (κ3) is 3.29. The van der Waals surface area contributed by atoms with E-state index >= 15 is 0 Å². The minimum absolute atomic E-state index is 0.0838. The third-order valence-corrected chi connectivity index (χ3v) is 3.41. The molecule has 5 nitrogen and oxygen atoms in total. The van der Waals surface area contributed by atoms with Crippen molar-refractivity contribution < 1.29 is 19.0 Å². The topological polar surface area (TPSA) is 70.8 Å². The number of methoxy groups -OCH3 is 1. The number of carbonyl (C=O) groups is 1. The zero-order valence-corrected chi connectivity index (χ0v) is 11.9. The second-order valence-electron chi connectivity index (χ2n) is 4.78. The van der Waals surface area contributed by atoms with Gasteiger partial charge >= 0.3 is 5.97 Å². The molecular weight excluding hydrogens is 258 g/mol. The Morgan fingerprint density at radius 1 is 1.45 bits per heavy atom. The summed E-state index contributed by atoms with van der Waals surface area (Å²) in [4.78, 5) is 11.1. The number of esters is 1. The second kappa shape index (κ2) is 6.72. The number of hydrogen-bond donors (Lipinski definition) is 1. The van der Waals surface area contributed by atoms with Gasteiger partial charge in [-0.15, -0.1) is 0 Å². The highest BCUT2D eigenvalue weighted by atomic mass is 16.5. The van der Waals surface area contributed by atoms with Crippen molar-refractivity contribution in [3.05, 3.63) is 29.3 Å². The Bertz CT molecular complexity index is 475. The first-order valence-electron chi connectivity index (χ1n) is 6.85. The lowest BCUT2D eigenvalue weighted by atomic mass is 10.1. The Morgan fingerprint density at radius 3 is 2.95 bits per heavy atom. The summed E-state index contributed by atoms with van der Waals surface area (Å²) >= 11 is 0. The van der Waals surface area contributed by atoms with Gasteiger partial charge < -0.3 is 19.9 Å². The van der Waals surface area contributed by atoms with Gasteiger partial charge in [-0.2, -0.15) is 0 Å². The summed E-state index contributed by atoms with van der Waals surface area (Å²) in [6, 6.07) is 5.86. The number of benzene rings is 1. The molecule has 2 N–H and O–H groups in total. The van der Waals surface area contributed by atoms with E-state index < -0.39 is 0 Å². The number of hydrogen-bond acceptors (Lipinski definition) is 5. The van der Waals surface area contributed by atoms with Crippen LogP contribution < -0.4 is 10.5 Å². The lowest BCUT2D eigenvalue weighted by Gasteiger charge is -2.17. The second-order valence-corrected chi connectivity index (χ2v) is 4.78. The van der Waals surface area contributed by atoms with Gasteiger partial charge in [-0.3, -0.25) is 4.79 Å². The standard InChI is InChI=1S/C15H21NO4/c1-3-19-11-4-5-12-10(8-11)9-13(16)15(12)20-7-6-14(17)18-2/h4-5,8,13,15H,3,6-7,9,16H2,1-2H3. The van der Waals surface area contributed by atoms with Crippen molar-refractivity contribution in [1.29, 1.82) is 0 Å². The zero-order chi connectivity index (χ0) is 14.5. The predicted molar refractivity (Wildman–Crippen MR) is 74.6 cm³/mol. The predicted octanol–water partition coefficient (Wildman–Crippen LogP) is 1.59. The van der Waals surface area contributed by atoms with Crippen molar-refractivity contribution in [3.8, 4) is 5.75 Å². The lowest BCUT2D eigenvalue weighted by Crippen LogP contribution is -2.27. The third-order valence-electron chi connectivity index (χ3n) is 3.41. The summed E-state index contributed by atoms with van der Waals surface area (Å²) in [5.41, 5.74) is 8.37. The monoisotopic (exact) mass is 279 g/mol. The van der Waals surface area contributed by atoms with Crippen molar-refractivity contribution in [2.24, 2.45) is 5.73 Å². The Hall–Kier alpha value is -1.59. The molecule has 1 aromatic rings. The average Bonchev–Trinajstić information content (AvgIpc) is 2.74. The molecule has 0 bridgehead atoms. The molecule has 0 radical (unpaired) electrons. The molecule has 0 saturated carbocycles. The van der Waals surface area contributed by atoms with Gasteiger partial charge in [0, 0.05) is 6.04 Å². The van der Waals surface area contributed by atoms with Crippen molar-refractivity contribution >= 4 is 5.97 Å². The maximum absolute atomic E-state index is 11.1. The van der Waals surface area contributed by atoms with E-state index in [-0.39, 0.29) is 24.5 Å². The average molecular weight is 279 g/mol. The molecule has 1 aliphatic carbocycles. The molecule has 0 fully saturated rings. The van der Waals surface area contributed by atoms with E-state index in [1.807, 2.05) is 25.1 Å². The Labute approximate surface area is 119 Å². The van der Waals surface area contributed by atoms with E-state index in [2.05, 4.69) is 4.74 Å². The fourth-order valence-corrected chi connectivity index (χ4v) is 2.47. The zero-order valence-electron chi connectivity index (χ0n) is 11.9. The summed E-state index contributed by atoms with van der Waals surface area (Å²) in [6.45, 7) is 2.92. The molecule has 2 atom stereocenters. The molecule has 1 aliphatic rings. The van der Waals surface area contributed by atoms with Gasteiger partial charge in [0.25, 0.3) is 0 Å². The van der Waals surface area contributed by atoms with Gasteiger partial charge in [0.1, 0.15) is 5.75 Å². The highest BCUT2D eigenvalue weighted by Gasteiger charge is 2.31. The van der Waals surface area contributed by atoms with Crippen LogP contribution in [0.4, 0.5) is 0 Å². The van der Waals surface area contributed by atoms with Crippen LogP contribution in [0.5, 0.6) is 5.75 Å². The largest absolute Gasteiger partial charge is 0.494 e. The first-order chi connectivity index (χ1) is 9.65. The van der Waals surface area contributed by atoms with Gasteiger partial charge in [-0.05, 0) is 36.6 Å². The van der Waals surface area contributed by atoms with Crippen molar-refractivity contribution in [2.45, 2.75) is 31.9 Å². The van der Waals surface area contributed by atoms with Crippen molar-refractivity contribution in [2.75, 3.05) is 20.3 Å². The SMILES string of the molecule is CCOc1ccc2c(c1)CC(N)C2OCCC(=O)OC. The van der Waals surface area contributed by atoms with E-state index in [1.165, 1.54) is 7.11 Å². The molecule has 0 aliphatic heterocycles. The summed E-state index contributed by atoms with van der Waals surface area (Å²) in [5.74, 6) is 0.581. The number of fused-ring (bicyclic) bond motifs is 1. The molecule has 0 spiro atoms. The minimum atomic E-state index is -0.275. The van der Waals surface area contributed by atoms with Crippen LogP contribution in [0, 0.1) is 0 Å². The van der Waals surface area contributed by atoms with Crippen LogP contribution in [0.1, 0.15) is 30.6 Å². The van der Waals surface area contributed by atoms with Crippen LogP contribution >= 0.6 is 0 Å². The van der Waals surface area contributed by atoms with Crippen LogP contribution in [0.15, 0.2) is 18.2 Å². The Balaban J connectivity index is 2.01. The first-order valence-corrected chi connectivity index (χ1v) is 6.85. The summed E-state index contributed by atoms with van der Waals surface area (Å²) in [5, 5.41) is 0. The molecule has 0 heterocycles. The molecule has 2 rings (SSSR count). The molecule has 0 saturated heterocycles. The van der Waals surface area contributed by atoms with Crippen LogP contribution in [-0.2, 0) is 20.7 Å². The van der Waals surface area contributed by atoms with Gasteiger partial charge in [0.05, 0.1) is 32.8 Å². The van der Waals surface area contributed by atoms with Gasteiger partial charge in [-0.25, -0.2) is 0 Å². The van der Waals surface area contributed by atoms with Crippen molar-refractivity contribution in [3.63, 3.8) is 0 Å². The molecule has 0 amide bonds. The highest BCUT2D eigenvalue weighted by Crippen LogP contribution is 2.35. The maximum atomic E-state index is 11.1. The molecule has 110 valence electrons. The first kappa shape index (κ1) is 14.8. The fourth-order valence-electron chi connectivity index (χ4n) is 2.47. The fraction of sp³-hybridized carbons (Fsp3) is 0.533. The number of ether oxygens (including phenoxy) is 3. The normalized spacial score (nSPS) is 20.6. The Kier molecular flexibility index (Phi) is 4.98. The van der Waals surface area contributed by atoms with Gasteiger partial charge in [-0.1, -0.05) is 6.07 Å². The van der Waals surface area contributed by atoms with Gasteiger partial charge in [0.2, 0.25) is 0 Å². The molecule has 1 aromatic carbocycles. The minimum Gasteiger partial charge on any atom is -0.494 e. The van der Waals surface area contributed by atoms with E-state index in [4.69, 9.17) is 15.2 Å². The van der Waals surface area contributed by atoms with E-state index in [0.717, 1.165) is 23.3 Å². The summed E-state index contributed by atoms with van der Waals surface area (Å²) < 4.78 is 15.8. The van der Waals surface area contributed by atoms with Crippen molar-refractivity contribution in [1.82, 2.24) is 0 Å². The van der Waals surface area contributed by atoms with Crippen LogP contribution in [-0.4, -0.2) is 32.3 Å². The van der Waals surface area contributed by atoms with Crippen LogP contribution in [0.25, 0.3) is 0 Å². The molecule has 2 unspecified atom stereocenters. The summed E-state index contributed by atoms with van der Waals surface area (Å²) in [7, 11) is 1.37. The lowest BCUT2D eigenvalue weighted by molar-refractivity contribution is -0.142. The van der Waals surface area contributed by atoms with E-state index in [9.17, 15) is 4.79 Å². The van der Waals surface area contributed by atoms with E-state index in [0.29, 0.717) is 13.2 Å². The number of carbonyl (C=O) groups excluding carboxylic acids is 1. The smallest absolute Gasteiger partial charge is 0.307 e. The van der Waals surface area contributed by atoms with Crippen LogP contribution in [0.3, 0.4) is 0 Å². The maximum Gasteiger partial charge on any atom is 0.307 e. The molecule has 0 aromatic heterocycles. The molecule has 20 heavy (non-hydrogen) atoms. The molecule has 5 heteroatoms. The summed E-state index contributed by atoms with van der Waals surface area (Å²) in [6.07, 6.45) is 0.843. The van der Waals surface area contributed by atoms with Gasteiger partial charge in [0.15, 0.2) is 0 Å². The quantitative estimate of drug-likeness (QED) is 0.801. The molecular formula is C15H21NO4.